The molecule has 0 atom stereocenters. The zero-order valence-electron chi connectivity index (χ0n) is 65.7. The molecule has 5 heterocycles. The molecule has 3 aromatic heterocycles. The summed E-state index contributed by atoms with van der Waals surface area (Å²) in [6, 6.07) is 0. The van der Waals surface area contributed by atoms with Gasteiger partial charge >= 0.3 is 0 Å². The van der Waals surface area contributed by atoms with Crippen LogP contribution in [-0.4, -0.2) is 150 Å². The summed E-state index contributed by atoms with van der Waals surface area (Å²) in [5.74, 6) is 6.33. The molecule has 0 amide bonds. The quantitative estimate of drug-likeness (QED) is 0.0494. The highest BCUT2D eigenvalue weighted by Gasteiger charge is 2.29. The van der Waals surface area contributed by atoms with Crippen LogP contribution < -0.4 is 39.2 Å². The molecule has 0 saturated carbocycles. The van der Waals surface area contributed by atoms with Gasteiger partial charge in [0.05, 0.1) is 0 Å². The zero-order valence-corrected chi connectivity index (χ0v) is 66.5. The van der Waals surface area contributed by atoms with Crippen molar-refractivity contribution in [1.82, 2.24) is 44.9 Å². The first kappa shape index (κ1) is 85.4. The van der Waals surface area contributed by atoms with Crippen molar-refractivity contribution in [3.63, 3.8) is 0 Å². The number of hydrogen-bond acceptors (Lipinski definition) is 17. The van der Waals surface area contributed by atoms with Crippen molar-refractivity contribution in [2.75, 3.05) is 144 Å². The molecule has 3 aromatic rings. The third kappa shape index (κ3) is 36.1. The van der Waals surface area contributed by atoms with Crippen LogP contribution in [0.4, 0.5) is 47.6 Å². The third-order valence-corrected chi connectivity index (χ3v) is 21.0. The van der Waals surface area contributed by atoms with Gasteiger partial charge in [-0.25, -0.2) is 0 Å². The maximum absolute atomic E-state index is 6.96. The fraction of sp³-hybridized carbons (Fsp3) is 0.889. The monoisotopic (exact) mass is 1400 g/mol. The SMILES string of the molecule is CCCCCCCCN(CCCCCCCC)c1nc(N(CCCCCCCC)CCCCCCCC)nc(N2CCN(c3nc(Cl)nc(N4CCN(c5nc(N(CCCCCCCC)CCCCCCCC)nc(N(CCCCCCCC)CCCCCCCC)n5)CC4)n3)CC2)n1. The van der Waals surface area contributed by atoms with Crippen molar-refractivity contribution in [3.8, 4) is 0 Å². The minimum absolute atomic E-state index is 0.233. The Morgan fingerprint density at radius 3 is 0.525 bits per heavy atom. The van der Waals surface area contributed by atoms with E-state index in [2.05, 4.69) is 94.6 Å². The van der Waals surface area contributed by atoms with Crippen LogP contribution in [-0.2, 0) is 0 Å². The largest absolute Gasteiger partial charge is 0.341 e. The standard InChI is InChI=1S/C81H152ClN17/c1-9-17-25-33-41-49-57-92(58-50-42-34-26-18-10-2)76-86-77(93(59-51-43-35-27-19-11-3)60-52-44-36-28-20-12-4)89-80(88-76)98-69-65-96(66-70-98)74-83-73(82)84-75(85-74)97-67-71-99(72-68-97)81-90-78(94(61-53-45-37-29-21-13-5)62-54-46-38-30-22-14-6)87-79(91-81)95(63-55-47-39-31-23-15-7)64-56-48-40-32-24-16-8/h9-72H2,1-8H3. The molecule has 2 aliphatic heterocycles. The molecule has 2 fully saturated rings. The van der Waals surface area contributed by atoms with E-state index in [4.69, 9.17) is 56.5 Å². The van der Waals surface area contributed by atoms with Crippen LogP contribution in [0.3, 0.4) is 0 Å². The van der Waals surface area contributed by atoms with E-state index in [9.17, 15) is 0 Å². The molecule has 0 aliphatic carbocycles. The van der Waals surface area contributed by atoms with Crippen LogP contribution in [0.2, 0.25) is 5.28 Å². The maximum Gasteiger partial charge on any atom is 0.232 e. The summed E-state index contributed by atoms with van der Waals surface area (Å²) in [6.07, 6.45) is 61.0. The number of anilines is 8. The summed E-state index contributed by atoms with van der Waals surface area (Å²) in [5, 5.41) is 0.233. The van der Waals surface area contributed by atoms with Gasteiger partial charge in [0.2, 0.25) is 52.9 Å². The summed E-state index contributed by atoms with van der Waals surface area (Å²) in [5.41, 5.74) is 0. The molecule has 0 radical (unpaired) electrons. The Hall–Kier alpha value is -4.28. The number of nitrogens with zero attached hydrogens (tertiary/aromatic N) is 17. The van der Waals surface area contributed by atoms with Crippen molar-refractivity contribution < 1.29 is 0 Å². The molecular weight excluding hydrogens is 1250 g/mol. The van der Waals surface area contributed by atoms with Crippen molar-refractivity contribution in [2.24, 2.45) is 0 Å². The topological polar surface area (TPSA) is 142 Å². The highest BCUT2D eigenvalue weighted by Crippen LogP contribution is 2.29. The lowest BCUT2D eigenvalue weighted by molar-refractivity contribution is 0.561. The van der Waals surface area contributed by atoms with E-state index in [0.29, 0.717) is 11.9 Å². The lowest BCUT2D eigenvalue weighted by Crippen LogP contribution is -2.49. The molecule has 0 bridgehead atoms. The first-order chi connectivity index (χ1) is 48.8. The smallest absolute Gasteiger partial charge is 0.232 e. The van der Waals surface area contributed by atoms with E-state index in [-0.39, 0.29) is 5.28 Å². The van der Waals surface area contributed by atoms with Crippen LogP contribution >= 0.6 is 11.6 Å². The van der Waals surface area contributed by atoms with Crippen molar-refractivity contribution >= 4 is 59.2 Å². The molecule has 99 heavy (non-hydrogen) atoms. The minimum atomic E-state index is 0.233. The summed E-state index contributed by atoms with van der Waals surface area (Å²) in [6.45, 7) is 32.2. The van der Waals surface area contributed by atoms with Crippen molar-refractivity contribution in [1.29, 1.82) is 0 Å². The molecule has 2 saturated heterocycles. The average molecular weight is 1400 g/mol. The van der Waals surface area contributed by atoms with Crippen LogP contribution in [0.15, 0.2) is 0 Å². The van der Waals surface area contributed by atoms with Crippen LogP contribution in [0.5, 0.6) is 0 Å². The Morgan fingerprint density at radius 1 is 0.202 bits per heavy atom. The number of rotatable bonds is 64. The van der Waals surface area contributed by atoms with E-state index >= 15 is 0 Å². The number of unbranched alkanes of at least 4 members (excludes halogenated alkanes) is 40. The van der Waals surface area contributed by atoms with Crippen molar-refractivity contribution in [2.45, 2.75) is 364 Å². The van der Waals surface area contributed by atoms with E-state index in [1.807, 2.05) is 0 Å². The van der Waals surface area contributed by atoms with E-state index in [0.717, 1.165) is 192 Å². The first-order valence-corrected chi connectivity index (χ1v) is 43.1. The molecular formula is C81H152ClN17. The molecule has 5 rings (SSSR count). The molecule has 0 N–H and O–H groups in total. The molecule has 17 nitrogen and oxygen atoms in total. The van der Waals surface area contributed by atoms with Gasteiger partial charge in [0.25, 0.3) is 0 Å². The van der Waals surface area contributed by atoms with Crippen LogP contribution in [0, 0.1) is 0 Å². The average Bonchev–Trinajstić information content (AvgIpc) is 0.828. The Balaban J connectivity index is 1.40. The van der Waals surface area contributed by atoms with Gasteiger partial charge in [0, 0.05) is 105 Å². The highest BCUT2D eigenvalue weighted by atomic mass is 35.5. The molecule has 0 spiro atoms. The van der Waals surface area contributed by atoms with Gasteiger partial charge in [-0.2, -0.15) is 44.9 Å². The summed E-state index contributed by atoms with van der Waals surface area (Å²) in [4.78, 5) is 67.4. The number of halogens is 1. The Labute approximate surface area is 613 Å². The maximum atomic E-state index is 6.96. The Morgan fingerprint density at radius 2 is 0.354 bits per heavy atom. The second kappa shape index (κ2) is 56.2. The molecule has 0 aromatic carbocycles. The predicted octanol–water partition coefficient (Wildman–Crippen LogP) is 21.7. The molecule has 0 unspecified atom stereocenters. The lowest BCUT2D eigenvalue weighted by Gasteiger charge is -2.37. The molecule has 568 valence electrons. The zero-order chi connectivity index (χ0) is 70.4. The van der Waals surface area contributed by atoms with E-state index in [1.54, 1.807) is 0 Å². The fourth-order valence-corrected chi connectivity index (χ4v) is 14.4. The van der Waals surface area contributed by atoms with E-state index in [1.165, 1.54) is 257 Å². The molecule has 18 heteroatoms. The minimum Gasteiger partial charge on any atom is -0.341 e. The Bertz CT molecular complexity index is 2060. The van der Waals surface area contributed by atoms with Gasteiger partial charge < -0.3 is 39.2 Å². The van der Waals surface area contributed by atoms with Crippen LogP contribution in [0.25, 0.3) is 0 Å². The fourth-order valence-electron chi connectivity index (χ4n) is 14.3. The highest BCUT2D eigenvalue weighted by molar-refractivity contribution is 6.28. The number of hydrogen-bond donors (Lipinski definition) is 0. The van der Waals surface area contributed by atoms with Gasteiger partial charge in [-0.05, 0) is 63.0 Å². The van der Waals surface area contributed by atoms with E-state index < -0.39 is 0 Å². The molecule has 2 aliphatic rings. The van der Waals surface area contributed by atoms with Gasteiger partial charge in [0.1, 0.15) is 0 Å². The van der Waals surface area contributed by atoms with Gasteiger partial charge in [-0.3, -0.25) is 0 Å². The van der Waals surface area contributed by atoms with Gasteiger partial charge in [-0.15, -0.1) is 0 Å². The second-order valence-corrected chi connectivity index (χ2v) is 30.1. The summed E-state index contributed by atoms with van der Waals surface area (Å²) >= 11 is 6.96. The van der Waals surface area contributed by atoms with Gasteiger partial charge in [0.15, 0.2) is 0 Å². The summed E-state index contributed by atoms with van der Waals surface area (Å²) < 4.78 is 0. The van der Waals surface area contributed by atoms with Crippen LogP contribution in [0.1, 0.15) is 364 Å². The van der Waals surface area contributed by atoms with Crippen molar-refractivity contribution in [3.05, 3.63) is 5.28 Å². The Kier molecular flexibility index (Phi) is 48.5. The second-order valence-electron chi connectivity index (χ2n) is 29.7. The first-order valence-electron chi connectivity index (χ1n) is 42.7. The van der Waals surface area contributed by atoms with Gasteiger partial charge in [-0.1, -0.05) is 312 Å². The number of aromatic nitrogens is 9. The summed E-state index contributed by atoms with van der Waals surface area (Å²) in [7, 11) is 0. The third-order valence-electron chi connectivity index (χ3n) is 20.9. The predicted molar refractivity (Wildman–Crippen MR) is 429 cm³/mol. The number of piperazine rings is 2. The lowest BCUT2D eigenvalue weighted by atomic mass is 10.1. The normalized spacial score (nSPS) is 13.5.